The van der Waals surface area contributed by atoms with Crippen LogP contribution >= 0.6 is 0 Å². The van der Waals surface area contributed by atoms with Crippen molar-refractivity contribution in [3.8, 4) is 11.5 Å². The molecule has 4 nitrogen and oxygen atoms in total. The first-order valence-corrected chi connectivity index (χ1v) is 9.52. The van der Waals surface area contributed by atoms with E-state index < -0.39 is 17.6 Å². The molecule has 2 aromatic rings. The monoisotopic (exact) mass is 403 g/mol. The fraction of sp³-hybridized carbons (Fsp3) is 0.318. The third-order valence-corrected chi connectivity index (χ3v) is 5.35. The lowest BCUT2D eigenvalue weighted by Crippen LogP contribution is -2.16. The zero-order valence-electron chi connectivity index (χ0n) is 15.6. The number of anilines is 1. The number of carbonyl (C=O) groups excluding carboxylic acids is 1. The third kappa shape index (κ3) is 3.95. The first kappa shape index (κ1) is 19.4. The van der Waals surface area contributed by atoms with Crippen LogP contribution in [0.5, 0.6) is 11.5 Å². The highest BCUT2D eigenvalue weighted by atomic mass is 19.4. The maximum atomic E-state index is 12.9. The zero-order valence-corrected chi connectivity index (χ0v) is 15.6. The van der Waals surface area contributed by atoms with Gasteiger partial charge in [0.05, 0.1) is 17.9 Å². The summed E-state index contributed by atoms with van der Waals surface area (Å²) in [6.07, 6.45) is 1.08. The van der Waals surface area contributed by atoms with Gasteiger partial charge < -0.3 is 15.2 Å². The number of phenols is 1. The number of aromatic hydroxyl groups is 1. The minimum absolute atomic E-state index is 0.0135. The Kier molecular flexibility index (Phi) is 4.98. The average molecular weight is 403 g/mol. The molecule has 4 rings (SSSR count). The molecule has 0 unspecified atom stereocenters. The van der Waals surface area contributed by atoms with Crippen LogP contribution < -0.4 is 10.1 Å². The number of carbonyl (C=O) groups is 1. The Morgan fingerprint density at radius 3 is 2.69 bits per heavy atom. The predicted octanol–water partition coefficient (Wildman–Crippen LogP) is 5.09. The molecule has 1 heterocycles. The number of hydrogen-bond donors (Lipinski definition) is 2. The molecule has 0 saturated heterocycles. The number of ether oxygens (including phenoxy) is 1. The van der Waals surface area contributed by atoms with Crippen molar-refractivity contribution < 1.29 is 27.8 Å². The first-order chi connectivity index (χ1) is 13.8. The molecule has 2 aliphatic rings. The number of hydrogen-bond acceptors (Lipinski definition) is 3. The lowest BCUT2D eigenvalue weighted by molar-refractivity contribution is -0.137. The molecule has 1 aliphatic heterocycles. The number of alkyl halides is 3. The van der Waals surface area contributed by atoms with Gasteiger partial charge in [0.1, 0.15) is 11.5 Å². The number of rotatable bonds is 2. The van der Waals surface area contributed by atoms with Crippen LogP contribution in [0, 0.1) is 0 Å². The van der Waals surface area contributed by atoms with Gasteiger partial charge in [-0.1, -0.05) is 12.1 Å². The van der Waals surface area contributed by atoms with E-state index in [1.807, 2.05) is 6.07 Å². The standard InChI is InChI=1S/C22H20F3NO3/c23-22(24,25)15-6-7-16-14(9-10-29-19(16)12-15)11-20(28)26-21-17-4-2-1-3-13(17)5-8-18(21)27/h5-8,11-12,27H,1-4,9-10H2,(H,26,28)/b14-11+. The van der Waals surface area contributed by atoms with Crippen LogP contribution in [0.1, 0.15) is 41.5 Å². The fourth-order valence-corrected chi connectivity index (χ4v) is 3.91. The average Bonchev–Trinajstić information content (AvgIpc) is 2.69. The highest BCUT2D eigenvalue weighted by Gasteiger charge is 2.32. The molecule has 2 aromatic carbocycles. The molecule has 0 radical (unpaired) electrons. The van der Waals surface area contributed by atoms with E-state index in [4.69, 9.17) is 4.74 Å². The molecular formula is C22H20F3NO3. The van der Waals surface area contributed by atoms with Gasteiger partial charge in [-0.25, -0.2) is 0 Å². The highest BCUT2D eigenvalue weighted by molar-refractivity contribution is 6.05. The number of aryl methyl sites for hydroxylation is 1. The Balaban J connectivity index is 1.61. The van der Waals surface area contributed by atoms with E-state index in [0.717, 1.165) is 48.9 Å². The van der Waals surface area contributed by atoms with Gasteiger partial charge in [0.25, 0.3) is 0 Å². The molecule has 29 heavy (non-hydrogen) atoms. The van der Waals surface area contributed by atoms with E-state index in [2.05, 4.69) is 5.32 Å². The summed E-state index contributed by atoms with van der Waals surface area (Å²) in [4.78, 5) is 12.6. The largest absolute Gasteiger partial charge is 0.506 e. The zero-order chi connectivity index (χ0) is 20.6. The Hall–Kier alpha value is -2.96. The van der Waals surface area contributed by atoms with Gasteiger partial charge in [-0.05, 0) is 60.6 Å². The van der Waals surface area contributed by atoms with Crippen molar-refractivity contribution in [3.63, 3.8) is 0 Å². The molecule has 1 amide bonds. The molecule has 0 aromatic heterocycles. The predicted molar refractivity (Wildman–Crippen MR) is 103 cm³/mol. The molecule has 0 bridgehead atoms. The normalized spacial score (nSPS) is 17.3. The quantitative estimate of drug-likeness (QED) is 0.542. The van der Waals surface area contributed by atoms with Crippen molar-refractivity contribution in [1.82, 2.24) is 0 Å². The lowest BCUT2D eigenvalue weighted by atomic mass is 9.90. The van der Waals surface area contributed by atoms with Crippen LogP contribution in [0.15, 0.2) is 36.4 Å². The second-order valence-electron chi connectivity index (χ2n) is 7.27. The summed E-state index contributed by atoms with van der Waals surface area (Å²) in [7, 11) is 0. The summed E-state index contributed by atoms with van der Waals surface area (Å²) in [6.45, 7) is 0.194. The lowest BCUT2D eigenvalue weighted by Gasteiger charge is -2.22. The summed E-state index contributed by atoms with van der Waals surface area (Å²) >= 11 is 0. The number of amides is 1. The van der Waals surface area contributed by atoms with Gasteiger partial charge in [0, 0.05) is 18.1 Å². The molecule has 7 heteroatoms. The Morgan fingerprint density at radius 2 is 1.90 bits per heavy atom. The third-order valence-electron chi connectivity index (χ3n) is 5.35. The van der Waals surface area contributed by atoms with Crippen LogP contribution in [0.4, 0.5) is 18.9 Å². The number of nitrogens with one attached hydrogen (secondary N) is 1. The van der Waals surface area contributed by atoms with Crippen molar-refractivity contribution in [2.24, 2.45) is 0 Å². The molecule has 0 atom stereocenters. The van der Waals surface area contributed by atoms with Gasteiger partial charge >= 0.3 is 6.18 Å². The van der Waals surface area contributed by atoms with Crippen molar-refractivity contribution in [3.05, 3.63) is 58.7 Å². The SMILES string of the molecule is O=C(/C=C1\CCOc2cc(C(F)(F)F)ccc21)Nc1c(O)ccc2c1CCCC2. The van der Waals surface area contributed by atoms with Crippen molar-refractivity contribution in [2.75, 3.05) is 11.9 Å². The Labute approximate surface area is 166 Å². The van der Waals surface area contributed by atoms with Gasteiger partial charge in [0.15, 0.2) is 0 Å². The van der Waals surface area contributed by atoms with E-state index in [-0.39, 0.29) is 18.1 Å². The molecule has 2 N–H and O–H groups in total. The summed E-state index contributed by atoms with van der Waals surface area (Å²) < 4.78 is 44.1. The van der Waals surface area contributed by atoms with Crippen LogP contribution in [0.25, 0.3) is 5.57 Å². The minimum Gasteiger partial charge on any atom is -0.506 e. The van der Waals surface area contributed by atoms with Crippen molar-refractivity contribution >= 4 is 17.2 Å². The number of phenolic OH excluding ortho intramolecular Hbond substituents is 1. The molecule has 0 fully saturated rings. The molecule has 152 valence electrons. The fourth-order valence-electron chi connectivity index (χ4n) is 3.91. The minimum atomic E-state index is -4.46. The van der Waals surface area contributed by atoms with Gasteiger partial charge in [-0.3, -0.25) is 4.79 Å². The van der Waals surface area contributed by atoms with Crippen LogP contribution in [0.3, 0.4) is 0 Å². The van der Waals surface area contributed by atoms with Gasteiger partial charge in [0.2, 0.25) is 5.91 Å². The summed E-state index contributed by atoms with van der Waals surface area (Å²) in [6, 6.07) is 6.73. The molecule has 0 saturated carbocycles. The summed E-state index contributed by atoms with van der Waals surface area (Å²) in [5.74, 6) is -0.299. The topological polar surface area (TPSA) is 58.6 Å². The van der Waals surface area contributed by atoms with Crippen LogP contribution in [0.2, 0.25) is 0 Å². The first-order valence-electron chi connectivity index (χ1n) is 9.52. The maximum absolute atomic E-state index is 12.9. The Bertz CT molecular complexity index is 996. The smallest absolute Gasteiger partial charge is 0.416 e. The van der Waals surface area contributed by atoms with Gasteiger partial charge in [-0.15, -0.1) is 0 Å². The number of benzene rings is 2. The van der Waals surface area contributed by atoms with Crippen molar-refractivity contribution in [2.45, 2.75) is 38.3 Å². The van der Waals surface area contributed by atoms with Gasteiger partial charge in [-0.2, -0.15) is 13.2 Å². The van der Waals surface area contributed by atoms with Crippen LogP contribution in [-0.2, 0) is 23.8 Å². The van der Waals surface area contributed by atoms with E-state index in [9.17, 15) is 23.1 Å². The maximum Gasteiger partial charge on any atom is 0.416 e. The van der Waals surface area contributed by atoms with Crippen molar-refractivity contribution in [1.29, 1.82) is 0 Å². The van der Waals surface area contributed by atoms with E-state index in [0.29, 0.717) is 23.2 Å². The molecule has 1 aliphatic carbocycles. The number of fused-ring (bicyclic) bond motifs is 2. The van der Waals surface area contributed by atoms with E-state index in [1.165, 1.54) is 12.1 Å². The molecule has 0 spiro atoms. The summed E-state index contributed by atoms with van der Waals surface area (Å²) in [5, 5.41) is 13.0. The molecular weight excluding hydrogens is 383 g/mol. The summed E-state index contributed by atoms with van der Waals surface area (Å²) in [5.41, 5.74) is 2.77. The highest BCUT2D eigenvalue weighted by Crippen LogP contribution is 2.39. The van der Waals surface area contributed by atoms with Crippen LogP contribution in [-0.4, -0.2) is 17.6 Å². The number of halogens is 3. The van der Waals surface area contributed by atoms with E-state index in [1.54, 1.807) is 6.07 Å². The van der Waals surface area contributed by atoms with E-state index >= 15 is 0 Å². The second kappa shape index (κ2) is 7.46. The Morgan fingerprint density at radius 1 is 1.10 bits per heavy atom. The second-order valence-corrected chi connectivity index (χ2v) is 7.27.